The number of hydrogen-bond acceptors (Lipinski definition) is 7. The van der Waals surface area contributed by atoms with Gasteiger partial charge in [0.15, 0.2) is 12.2 Å². The quantitative estimate of drug-likeness (QED) is 0.594. The molecule has 2 heterocycles. The van der Waals surface area contributed by atoms with Gasteiger partial charge in [-0.1, -0.05) is 6.07 Å². The summed E-state index contributed by atoms with van der Waals surface area (Å²) < 4.78 is 16.0. The molecule has 3 rings (SSSR count). The lowest BCUT2D eigenvalue weighted by Crippen LogP contribution is -2.16. The smallest absolute Gasteiger partial charge is 0.347 e. The lowest BCUT2D eigenvalue weighted by Gasteiger charge is -2.13. The van der Waals surface area contributed by atoms with Crippen LogP contribution in [0.15, 0.2) is 54.1 Å². The van der Waals surface area contributed by atoms with E-state index in [-0.39, 0.29) is 24.7 Å². The summed E-state index contributed by atoms with van der Waals surface area (Å²) in [5, 5.41) is 3.00. The molecule has 1 N–H and O–H groups in total. The fourth-order valence-corrected chi connectivity index (χ4v) is 2.55. The molecule has 140 valence electrons. The van der Waals surface area contributed by atoms with Crippen LogP contribution in [0.2, 0.25) is 0 Å². The molecule has 1 aliphatic heterocycles. The number of nitrogens with one attached hydrogen (secondary N) is 1. The third kappa shape index (κ3) is 4.44. The Bertz CT molecular complexity index is 877. The summed E-state index contributed by atoms with van der Waals surface area (Å²) in [6.07, 6.45) is 1.72. The second-order valence-electron chi connectivity index (χ2n) is 5.85. The Labute approximate surface area is 157 Å². The van der Waals surface area contributed by atoms with Crippen molar-refractivity contribution in [1.29, 1.82) is 0 Å². The highest BCUT2D eigenvalue weighted by Crippen LogP contribution is 2.26. The molecular formula is C20H20N2O5. The fourth-order valence-electron chi connectivity index (χ4n) is 2.55. The predicted molar refractivity (Wildman–Crippen MR) is 98.0 cm³/mol. The Balaban J connectivity index is 1.72. The van der Waals surface area contributed by atoms with Crippen molar-refractivity contribution in [2.24, 2.45) is 0 Å². The average Bonchev–Trinajstić information content (AvgIpc) is 3.03. The second-order valence-corrected chi connectivity index (χ2v) is 5.85. The number of ketones is 1. The number of rotatable bonds is 7. The van der Waals surface area contributed by atoms with Gasteiger partial charge in [-0.2, -0.15) is 0 Å². The minimum absolute atomic E-state index is 0.0910. The summed E-state index contributed by atoms with van der Waals surface area (Å²) in [6, 6.07) is 11.1. The van der Waals surface area contributed by atoms with Gasteiger partial charge in [-0.3, -0.25) is 9.78 Å². The number of nitrogens with zero attached hydrogens (tertiary/aromatic N) is 1. The van der Waals surface area contributed by atoms with Gasteiger partial charge in [-0.15, -0.1) is 0 Å². The van der Waals surface area contributed by atoms with E-state index in [4.69, 9.17) is 14.2 Å². The molecule has 0 fully saturated rings. The van der Waals surface area contributed by atoms with Crippen LogP contribution < -0.4 is 10.1 Å². The molecule has 0 bridgehead atoms. The number of hydrogen-bond donors (Lipinski definition) is 1. The van der Waals surface area contributed by atoms with E-state index in [1.165, 1.54) is 0 Å². The molecular weight excluding hydrogens is 348 g/mol. The Morgan fingerprint density at radius 1 is 1.30 bits per heavy atom. The van der Waals surface area contributed by atoms with Crippen LogP contribution in [-0.2, 0) is 25.7 Å². The van der Waals surface area contributed by atoms with Gasteiger partial charge in [-0.05, 0) is 49.7 Å². The van der Waals surface area contributed by atoms with Crippen molar-refractivity contribution in [3.05, 3.63) is 65.3 Å². The van der Waals surface area contributed by atoms with Crippen LogP contribution in [0.5, 0.6) is 5.75 Å². The third-order valence-corrected chi connectivity index (χ3v) is 3.89. The van der Waals surface area contributed by atoms with E-state index < -0.39 is 11.8 Å². The van der Waals surface area contributed by atoms with Crippen molar-refractivity contribution in [3.63, 3.8) is 0 Å². The first-order valence-electron chi connectivity index (χ1n) is 8.56. The van der Waals surface area contributed by atoms with E-state index in [1.54, 1.807) is 25.3 Å². The normalized spacial score (nSPS) is 13.3. The molecule has 1 aromatic heterocycles. The number of aromatic nitrogens is 1. The van der Waals surface area contributed by atoms with Crippen LogP contribution in [0.4, 0.5) is 5.69 Å². The molecule has 2 aromatic rings. The molecule has 0 saturated heterocycles. The standard InChI is InChI=1S/C20H20N2O5/c1-3-25-20(24)18-17(23)12-27-19(18)22-16-8-7-15(10-13(16)2)26-11-14-6-4-5-9-21-14/h4-10,22H,3,11-12H2,1-2H3. The summed E-state index contributed by atoms with van der Waals surface area (Å²) in [6.45, 7) is 3.94. The van der Waals surface area contributed by atoms with Crippen LogP contribution in [0.3, 0.4) is 0 Å². The lowest BCUT2D eigenvalue weighted by molar-refractivity contribution is -0.139. The van der Waals surface area contributed by atoms with E-state index in [0.717, 1.165) is 11.3 Å². The van der Waals surface area contributed by atoms with Crippen molar-refractivity contribution in [2.75, 3.05) is 18.5 Å². The Hall–Kier alpha value is -3.35. The van der Waals surface area contributed by atoms with Gasteiger partial charge in [0.25, 0.3) is 0 Å². The number of benzene rings is 1. The Kier molecular flexibility index (Phi) is 5.71. The highest BCUT2D eigenvalue weighted by molar-refractivity contribution is 6.19. The molecule has 1 aromatic carbocycles. The molecule has 0 radical (unpaired) electrons. The number of carbonyl (C=O) groups is 2. The maximum atomic E-state index is 12.0. The highest BCUT2D eigenvalue weighted by Gasteiger charge is 2.32. The lowest BCUT2D eigenvalue weighted by atomic mass is 10.1. The zero-order valence-corrected chi connectivity index (χ0v) is 15.2. The third-order valence-electron chi connectivity index (χ3n) is 3.89. The zero-order valence-electron chi connectivity index (χ0n) is 15.2. The minimum Gasteiger partial charge on any atom is -0.487 e. The first kappa shape index (κ1) is 18.4. The largest absolute Gasteiger partial charge is 0.487 e. The molecule has 0 spiro atoms. The molecule has 0 aliphatic carbocycles. The molecule has 7 heteroatoms. The molecule has 0 saturated carbocycles. The number of pyridine rings is 1. The van der Waals surface area contributed by atoms with E-state index in [2.05, 4.69) is 10.3 Å². The van der Waals surface area contributed by atoms with Gasteiger partial charge in [0, 0.05) is 11.9 Å². The highest BCUT2D eigenvalue weighted by atomic mass is 16.5. The maximum Gasteiger partial charge on any atom is 0.347 e. The van der Waals surface area contributed by atoms with Gasteiger partial charge in [0.1, 0.15) is 12.4 Å². The number of anilines is 1. The first-order valence-corrected chi connectivity index (χ1v) is 8.56. The Morgan fingerprint density at radius 2 is 2.15 bits per heavy atom. The van der Waals surface area contributed by atoms with Crippen LogP contribution in [0, 0.1) is 6.92 Å². The van der Waals surface area contributed by atoms with Gasteiger partial charge >= 0.3 is 5.97 Å². The summed E-state index contributed by atoms with van der Waals surface area (Å²) in [5.74, 6) is -0.283. The Morgan fingerprint density at radius 3 is 2.85 bits per heavy atom. The SMILES string of the molecule is CCOC(=O)C1=C(Nc2ccc(OCc3ccccn3)cc2C)OCC1=O. The van der Waals surface area contributed by atoms with Crippen LogP contribution in [0.25, 0.3) is 0 Å². The van der Waals surface area contributed by atoms with Crippen molar-refractivity contribution >= 4 is 17.4 Å². The van der Waals surface area contributed by atoms with Gasteiger partial charge in [0.05, 0.1) is 12.3 Å². The van der Waals surface area contributed by atoms with Crippen molar-refractivity contribution in [3.8, 4) is 5.75 Å². The van der Waals surface area contributed by atoms with Gasteiger partial charge in [0.2, 0.25) is 11.7 Å². The van der Waals surface area contributed by atoms with E-state index in [0.29, 0.717) is 18.0 Å². The molecule has 27 heavy (non-hydrogen) atoms. The molecule has 0 atom stereocenters. The topological polar surface area (TPSA) is 86.8 Å². The van der Waals surface area contributed by atoms with Gasteiger partial charge in [-0.25, -0.2) is 4.79 Å². The average molecular weight is 368 g/mol. The number of esters is 1. The number of carbonyl (C=O) groups excluding carboxylic acids is 2. The summed E-state index contributed by atoms with van der Waals surface area (Å²) in [7, 11) is 0. The van der Waals surface area contributed by atoms with E-state index >= 15 is 0 Å². The predicted octanol–water partition coefficient (Wildman–Crippen LogP) is 2.75. The monoisotopic (exact) mass is 368 g/mol. The zero-order chi connectivity index (χ0) is 19.2. The fraction of sp³-hybridized carbons (Fsp3) is 0.250. The first-order chi connectivity index (χ1) is 13.1. The van der Waals surface area contributed by atoms with E-state index in [1.807, 2.05) is 31.2 Å². The molecule has 0 unspecified atom stereocenters. The van der Waals surface area contributed by atoms with Crippen molar-refractivity contribution < 1.29 is 23.8 Å². The number of ether oxygens (including phenoxy) is 3. The minimum atomic E-state index is -0.685. The van der Waals surface area contributed by atoms with Crippen LogP contribution in [0.1, 0.15) is 18.2 Å². The maximum absolute atomic E-state index is 12.0. The number of aryl methyl sites for hydroxylation is 1. The summed E-state index contributed by atoms with van der Waals surface area (Å²) >= 11 is 0. The van der Waals surface area contributed by atoms with Crippen molar-refractivity contribution in [1.82, 2.24) is 4.98 Å². The molecule has 0 amide bonds. The molecule has 7 nitrogen and oxygen atoms in total. The van der Waals surface area contributed by atoms with Crippen LogP contribution in [-0.4, -0.2) is 30.0 Å². The summed E-state index contributed by atoms with van der Waals surface area (Å²) in [4.78, 5) is 28.1. The second kappa shape index (κ2) is 8.35. The van der Waals surface area contributed by atoms with E-state index in [9.17, 15) is 9.59 Å². The van der Waals surface area contributed by atoms with Crippen molar-refractivity contribution in [2.45, 2.75) is 20.5 Å². The van der Waals surface area contributed by atoms with Crippen LogP contribution >= 0.6 is 0 Å². The molecule has 1 aliphatic rings. The van der Waals surface area contributed by atoms with Gasteiger partial charge < -0.3 is 19.5 Å². The number of Topliss-reactive ketones (excluding diaryl/α,β-unsaturated/α-hetero) is 1. The summed E-state index contributed by atoms with van der Waals surface area (Å²) in [5.41, 5.74) is 2.31.